The summed E-state index contributed by atoms with van der Waals surface area (Å²) >= 11 is 6.12. The summed E-state index contributed by atoms with van der Waals surface area (Å²) in [6.45, 7) is 0. The lowest BCUT2D eigenvalue weighted by Gasteiger charge is -2.09. The number of halogens is 4. The molecule has 2 atom stereocenters. The van der Waals surface area contributed by atoms with Crippen molar-refractivity contribution < 1.29 is 13.2 Å². The predicted octanol–water partition coefficient (Wildman–Crippen LogP) is 4.24. The number of aromatic nitrogens is 1. The fourth-order valence-electron chi connectivity index (χ4n) is 2.31. The van der Waals surface area contributed by atoms with Gasteiger partial charge in [-0.2, -0.15) is 13.2 Å². The molecule has 0 bridgehead atoms. The molecule has 21 heavy (non-hydrogen) atoms. The van der Waals surface area contributed by atoms with Crippen LogP contribution in [-0.2, 0) is 6.18 Å². The molecule has 0 saturated heterocycles. The second-order valence-corrected chi connectivity index (χ2v) is 5.52. The number of hydrogen-bond donors (Lipinski definition) is 1. The number of rotatable bonds is 2. The van der Waals surface area contributed by atoms with Crippen molar-refractivity contribution in [1.29, 1.82) is 0 Å². The minimum absolute atomic E-state index is 0.101. The Kier molecular flexibility index (Phi) is 3.42. The molecule has 2 N–H and O–H groups in total. The van der Waals surface area contributed by atoms with E-state index >= 15 is 0 Å². The topological polar surface area (TPSA) is 38.9 Å². The molecule has 0 aliphatic heterocycles. The highest BCUT2D eigenvalue weighted by molar-refractivity contribution is 6.30. The van der Waals surface area contributed by atoms with Crippen LogP contribution in [0.4, 0.5) is 13.2 Å². The molecule has 2 unspecified atom stereocenters. The zero-order valence-electron chi connectivity index (χ0n) is 10.9. The van der Waals surface area contributed by atoms with E-state index in [-0.39, 0.29) is 12.0 Å². The van der Waals surface area contributed by atoms with Crippen LogP contribution in [0.25, 0.3) is 11.3 Å². The van der Waals surface area contributed by atoms with Gasteiger partial charge in [0.1, 0.15) is 5.15 Å². The fraction of sp³-hybridized carbons (Fsp3) is 0.267. The maximum Gasteiger partial charge on any atom is 0.416 e. The summed E-state index contributed by atoms with van der Waals surface area (Å²) in [5.74, 6) is 0.209. The molecule has 1 aliphatic carbocycles. The standard InChI is InChI=1S/C15H12ClF3N2/c16-14-10(11-7-12(11)20)4-5-13(21-14)8-2-1-3-9(6-8)15(17,18)19/h1-6,11-12H,7,20H2. The first-order chi connectivity index (χ1) is 9.86. The second kappa shape index (κ2) is 5.00. The smallest absolute Gasteiger partial charge is 0.327 e. The third kappa shape index (κ3) is 2.89. The molecule has 110 valence electrons. The monoisotopic (exact) mass is 312 g/mol. The van der Waals surface area contributed by atoms with Crippen molar-refractivity contribution in [2.75, 3.05) is 0 Å². The lowest BCUT2D eigenvalue weighted by atomic mass is 10.1. The van der Waals surface area contributed by atoms with Crippen molar-refractivity contribution in [2.24, 2.45) is 5.73 Å². The van der Waals surface area contributed by atoms with Crippen LogP contribution in [0, 0.1) is 0 Å². The number of nitrogens with zero attached hydrogens (tertiary/aromatic N) is 1. The van der Waals surface area contributed by atoms with Crippen LogP contribution in [0.2, 0.25) is 5.15 Å². The van der Waals surface area contributed by atoms with Gasteiger partial charge < -0.3 is 5.73 Å². The lowest BCUT2D eigenvalue weighted by molar-refractivity contribution is -0.137. The van der Waals surface area contributed by atoms with Crippen LogP contribution in [0.1, 0.15) is 23.5 Å². The summed E-state index contributed by atoms with van der Waals surface area (Å²) in [5.41, 5.74) is 6.74. The average molecular weight is 313 g/mol. The van der Waals surface area contributed by atoms with Crippen molar-refractivity contribution in [3.05, 3.63) is 52.7 Å². The minimum atomic E-state index is -4.37. The van der Waals surface area contributed by atoms with Crippen molar-refractivity contribution in [3.63, 3.8) is 0 Å². The number of hydrogen-bond acceptors (Lipinski definition) is 2. The molecule has 0 amide bonds. The minimum Gasteiger partial charge on any atom is -0.327 e. The molecule has 0 spiro atoms. The summed E-state index contributed by atoms with van der Waals surface area (Å²) in [4.78, 5) is 4.20. The van der Waals surface area contributed by atoms with Gasteiger partial charge in [-0.15, -0.1) is 0 Å². The summed E-state index contributed by atoms with van der Waals surface area (Å²) in [6, 6.07) is 8.62. The van der Waals surface area contributed by atoms with Gasteiger partial charge in [-0.1, -0.05) is 29.8 Å². The van der Waals surface area contributed by atoms with Gasteiger partial charge >= 0.3 is 6.18 Å². The van der Waals surface area contributed by atoms with E-state index in [2.05, 4.69) is 4.98 Å². The van der Waals surface area contributed by atoms with Gasteiger partial charge in [0.05, 0.1) is 11.3 Å². The van der Waals surface area contributed by atoms with Crippen molar-refractivity contribution in [2.45, 2.75) is 24.6 Å². The number of nitrogens with two attached hydrogens (primary N) is 1. The molecule has 1 aliphatic rings. The molecular formula is C15H12ClF3N2. The average Bonchev–Trinajstić information content (AvgIpc) is 3.14. The summed E-state index contributed by atoms with van der Waals surface area (Å²) < 4.78 is 38.2. The molecule has 3 rings (SSSR count). The van der Waals surface area contributed by atoms with Crippen molar-refractivity contribution >= 4 is 11.6 Å². The maximum absolute atomic E-state index is 12.7. The second-order valence-electron chi connectivity index (χ2n) is 5.16. The van der Waals surface area contributed by atoms with E-state index in [1.807, 2.05) is 0 Å². The van der Waals surface area contributed by atoms with Gasteiger partial charge in [0, 0.05) is 17.5 Å². The normalized spacial score (nSPS) is 21.4. The van der Waals surface area contributed by atoms with Gasteiger partial charge in [-0.3, -0.25) is 0 Å². The predicted molar refractivity (Wildman–Crippen MR) is 75.0 cm³/mol. The van der Waals surface area contributed by atoms with E-state index in [4.69, 9.17) is 17.3 Å². The Morgan fingerprint density at radius 1 is 1.19 bits per heavy atom. The van der Waals surface area contributed by atoms with Crippen LogP contribution in [0.3, 0.4) is 0 Å². The Morgan fingerprint density at radius 2 is 1.90 bits per heavy atom. The van der Waals surface area contributed by atoms with E-state index in [1.165, 1.54) is 6.07 Å². The first-order valence-electron chi connectivity index (χ1n) is 6.46. The van der Waals surface area contributed by atoms with Crippen molar-refractivity contribution in [1.82, 2.24) is 4.98 Å². The highest BCUT2D eigenvalue weighted by atomic mass is 35.5. The van der Waals surface area contributed by atoms with Crippen LogP contribution in [0.15, 0.2) is 36.4 Å². The SMILES string of the molecule is NC1CC1c1ccc(-c2cccc(C(F)(F)F)c2)nc1Cl. The molecule has 6 heteroatoms. The zero-order chi connectivity index (χ0) is 15.2. The molecular weight excluding hydrogens is 301 g/mol. The molecule has 1 saturated carbocycles. The van der Waals surface area contributed by atoms with E-state index < -0.39 is 11.7 Å². The Bertz CT molecular complexity index is 685. The lowest BCUT2D eigenvalue weighted by Crippen LogP contribution is -2.05. The molecule has 1 heterocycles. The highest BCUT2D eigenvalue weighted by Gasteiger charge is 2.36. The first-order valence-corrected chi connectivity index (χ1v) is 6.83. The van der Waals surface area contributed by atoms with Crippen LogP contribution < -0.4 is 5.73 Å². The van der Waals surface area contributed by atoms with Gasteiger partial charge in [0.25, 0.3) is 0 Å². The fourth-order valence-corrected chi connectivity index (χ4v) is 2.60. The third-order valence-electron chi connectivity index (χ3n) is 3.60. The number of alkyl halides is 3. The molecule has 0 radical (unpaired) electrons. The third-order valence-corrected chi connectivity index (χ3v) is 3.91. The quantitative estimate of drug-likeness (QED) is 0.843. The van der Waals surface area contributed by atoms with Gasteiger partial charge in [-0.05, 0) is 30.2 Å². The molecule has 1 fully saturated rings. The molecule has 2 nitrogen and oxygen atoms in total. The van der Waals surface area contributed by atoms with E-state index in [0.717, 1.165) is 24.1 Å². The summed E-state index contributed by atoms with van der Waals surface area (Å²) in [5, 5.41) is 0.308. The molecule has 2 aromatic rings. The molecule has 1 aromatic heterocycles. The highest BCUT2D eigenvalue weighted by Crippen LogP contribution is 2.42. The number of benzene rings is 1. The van der Waals surface area contributed by atoms with Crippen LogP contribution in [-0.4, -0.2) is 11.0 Å². The van der Waals surface area contributed by atoms with E-state index in [0.29, 0.717) is 16.4 Å². The van der Waals surface area contributed by atoms with E-state index in [9.17, 15) is 13.2 Å². The zero-order valence-corrected chi connectivity index (χ0v) is 11.6. The summed E-state index contributed by atoms with van der Waals surface area (Å²) in [6.07, 6.45) is -3.51. The maximum atomic E-state index is 12.7. The first kappa shape index (κ1) is 14.4. The largest absolute Gasteiger partial charge is 0.416 e. The van der Waals surface area contributed by atoms with Crippen LogP contribution >= 0.6 is 11.6 Å². The Labute approximate surface area is 124 Å². The Morgan fingerprint density at radius 3 is 2.48 bits per heavy atom. The summed E-state index contributed by atoms with van der Waals surface area (Å²) in [7, 11) is 0. The Hall–Kier alpha value is -1.59. The number of pyridine rings is 1. The van der Waals surface area contributed by atoms with Gasteiger partial charge in [0.15, 0.2) is 0 Å². The van der Waals surface area contributed by atoms with Gasteiger partial charge in [0.2, 0.25) is 0 Å². The molecule has 1 aromatic carbocycles. The van der Waals surface area contributed by atoms with Crippen molar-refractivity contribution in [3.8, 4) is 11.3 Å². The van der Waals surface area contributed by atoms with Gasteiger partial charge in [-0.25, -0.2) is 4.98 Å². The Balaban J connectivity index is 1.96. The van der Waals surface area contributed by atoms with E-state index in [1.54, 1.807) is 18.2 Å². The van der Waals surface area contributed by atoms with Crippen LogP contribution in [0.5, 0.6) is 0 Å².